The van der Waals surface area contributed by atoms with E-state index in [9.17, 15) is 4.21 Å². The van der Waals surface area contributed by atoms with E-state index in [1.807, 2.05) is 17.6 Å². The van der Waals surface area contributed by atoms with Crippen LogP contribution in [-0.2, 0) is 17.3 Å². The fourth-order valence-corrected chi connectivity index (χ4v) is 2.50. The first-order chi connectivity index (χ1) is 8.67. The molecule has 2 aromatic rings. The van der Waals surface area contributed by atoms with Crippen molar-refractivity contribution in [3.8, 4) is 6.07 Å². The summed E-state index contributed by atoms with van der Waals surface area (Å²) in [6.07, 6.45) is 0. The highest BCUT2D eigenvalue weighted by atomic mass is 32.2. The van der Waals surface area contributed by atoms with Crippen LogP contribution in [0, 0.1) is 11.3 Å². The van der Waals surface area contributed by atoms with Crippen LogP contribution in [-0.4, -0.2) is 25.3 Å². The second kappa shape index (κ2) is 5.19. The third-order valence-electron chi connectivity index (χ3n) is 2.79. The van der Waals surface area contributed by atoms with E-state index < -0.39 is 10.8 Å². The van der Waals surface area contributed by atoms with Gasteiger partial charge in [0.15, 0.2) is 0 Å². The number of hydrogen-bond acceptors (Lipinski definition) is 4. The zero-order chi connectivity index (χ0) is 13.1. The molecule has 18 heavy (non-hydrogen) atoms. The zero-order valence-electron chi connectivity index (χ0n) is 10.1. The van der Waals surface area contributed by atoms with Crippen LogP contribution < -0.4 is 5.73 Å². The van der Waals surface area contributed by atoms with E-state index in [-0.39, 0.29) is 0 Å². The third kappa shape index (κ3) is 2.22. The third-order valence-corrected chi connectivity index (χ3v) is 4.08. The Morgan fingerprint density at radius 1 is 1.56 bits per heavy atom. The first-order valence-corrected chi connectivity index (χ1v) is 7.16. The average molecular weight is 262 g/mol. The smallest absolute Gasteiger partial charge is 0.201 e. The molecule has 1 unspecified atom stereocenters. The molecule has 5 nitrogen and oxygen atoms in total. The van der Waals surface area contributed by atoms with Crippen molar-refractivity contribution >= 4 is 27.8 Å². The van der Waals surface area contributed by atoms with Gasteiger partial charge in [0, 0.05) is 28.9 Å². The van der Waals surface area contributed by atoms with E-state index in [4.69, 9.17) is 11.0 Å². The van der Waals surface area contributed by atoms with Gasteiger partial charge in [0.05, 0.1) is 11.1 Å². The zero-order valence-corrected chi connectivity index (χ0v) is 10.9. The van der Waals surface area contributed by atoms with Crippen molar-refractivity contribution in [3.63, 3.8) is 0 Å². The monoisotopic (exact) mass is 262 g/mol. The van der Waals surface area contributed by atoms with Gasteiger partial charge in [0.1, 0.15) is 11.6 Å². The van der Waals surface area contributed by atoms with Gasteiger partial charge in [0.2, 0.25) is 5.95 Å². The second-order valence-electron chi connectivity index (χ2n) is 3.84. The lowest BCUT2D eigenvalue weighted by Crippen LogP contribution is -2.11. The lowest BCUT2D eigenvalue weighted by atomic mass is 10.2. The molecule has 1 heterocycles. The molecule has 0 aliphatic rings. The number of benzene rings is 1. The molecule has 0 aliphatic heterocycles. The molecule has 0 saturated carbocycles. The molecule has 1 aromatic carbocycles. The molecular weight excluding hydrogens is 248 g/mol. The van der Waals surface area contributed by atoms with Crippen LogP contribution in [0.5, 0.6) is 0 Å². The maximum atomic E-state index is 11.5. The average Bonchev–Trinajstić information content (AvgIpc) is 2.71. The van der Waals surface area contributed by atoms with Gasteiger partial charge >= 0.3 is 0 Å². The van der Waals surface area contributed by atoms with E-state index in [0.717, 1.165) is 5.52 Å². The number of rotatable bonds is 4. The molecule has 0 radical (unpaired) electrons. The Kier molecular flexibility index (Phi) is 3.63. The van der Waals surface area contributed by atoms with Gasteiger partial charge in [0.25, 0.3) is 0 Å². The molecule has 6 heteroatoms. The van der Waals surface area contributed by atoms with Gasteiger partial charge in [-0.05, 0) is 12.1 Å². The second-order valence-corrected chi connectivity index (χ2v) is 5.70. The van der Waals surface area contributed by atoms with Crippen LogP contribution in [0.3, 0.4) is 0 Å². The summed E-state index contributed by atoms with van der Waals surface area (Å²) in [7, 11) is -0.839. The Balaban J connectivity index is 2.42. The standard InChI is InChI=1S/C12H14N4OS/c1-2-18(17)7-6-16-10-5-3-4-9(8-13)11(10)15-12(16)14/h3-5H,2,6-7H2,1H3,(H2,14,15). The number of para-hydroxylation sites is 1. The van der Waals surface area contributed by atoms with E-state index >= 15 is 0 Å². The minimum Gasteiger partial charge on any atom is -0.369 e. The molecule has 0 spiro atoms. The molecule has 0 aliphatic carbocycles. The van der Waals surface area contributed by atoms with Crippen molar-refractivity contribution in [1.29, 1.82) is 5.26 Å². The number of nitriles is 1. The summed E-state index contributed by atoms with van der Waals surface area (Å²) in [6, 6.07) is 7.48. The van der Waals surface area contributed by atoms with E-state index in [1.165, 1.54) is 0 Å². The highest BCUT2D eigenvalue weighted by Crippen LogP contribution is 2.20. The Hall–Kier alpha value is -1.87. The molecule has 0 bridgehead atoms. The molecule has 2 N–H and O–H groups in total. The maximum absolute atomic E-state index is 11.5. The van der Waals surface area contributed by atoms with E-state index in [2.05, 4.69) is 11.1 Å². The predicted molar refractivity (Wildman–Crippen MR) is 72.4 cm³/mol. The molecule has 0 fully saturated rings. The fraction of sp³-hybridized carbons (Fsp3) is 0.333. The first kappa shape index (κ1) is 12.6. The van der Waals surface area contributed by atoms with Crippen LogP contribution >= 0.6 is 0 Å². The summed E-state index contributed by atoms with van der Waals surface area (Å²) >= 11 is 0. The van der Waals surface area contributed by atoms with Crippen molar-refractivity contribution in [1.82, 2.24) is 9.55 Å². The quantitative estimate of drug-likeness (QED) is 0.898. The van der Waals surface area contributed by atoms with Crippen LogP contribution in [0.25, 0.3) is 11.0 Å². The Morgan fingerprint density at radius 3 is 3.00 bits per heavy atom. The summed E-state index contributed by atoms with van der Waals surface area (Å²) in [4.78, 5) is 4.21. The lowest BCUT2D eigenvalue weighted by molar-refractivity contribution is 0.677. The lowest BCUT2D eigenvalue weighted by Gasteiger charge is -2.05. The molecule has 0 saturated heterocycles. The summed E-state index contributed by atoms with van der Waals surface area (Å²) in [5, 5.41) is 9.00. The number of nitrogens with zero attached hydrogens (tertiary/aromatic N) is 3. The van der Waals surface area contributed by atoms with E-state index in [1.54, 1.807) is 12.1 Å². The van der Waals surface area contributed by atoms with Crippen molar-refractivity contribution in [3.05, 3.63) is 23.8 Å². The van der Waals surface area contributed by atoms with Crippen LogP contribution in [0.1, 0.15) is 12.5 Å². The number of imidazole rings is 1. The predicted octanol–water partition coefficient (Wildman–Crippen LogP) is 1.26. The Labute approximate surface area is 108 Å². The Bertz CT molecular complexity index is 641. The fourth-order valence-electron chi connectivity index (χ4n) is 1.83. The normalized spacial score (nSPS) is 12.4. The SMILES string of the molecule is CCS(=O)CCn1c(N)nc2c(C#N)cccc21. The van der Waals surface area contributed by atoms with Crippen LogP contribution in [0.2, 0.25) is 0 Å². The molecule has 94 valence electrons. The van der Waals surface area contributed by atoms with Crippen molar-refractivity contribution < 1.29 is 4.21 Å². The van der Waals surface area contributed by atoms with Crippen molar-refractivity contribution in [2.75, 3.05) is 17.2 Å². The molecule has 1 atom stereocenters. The van der Waals surface area contributed by atoms with Gasteiger partial charge in [-0.2, -0.15) is 5.26 Å². The number of hydrogen-bond donors (Lipinski definition) is 1. The number of anilines is 1. The summed E-state index contributed by atoms with van der Waals surface area (Å²) in [5.41, 5.74) is 7.79. The first-order valence-electron chi connectivity index (χ1n) is 5.67. The molecule has 1 aromatic heterocycles. The topological polar surface area (TPSA) is 84.7 Å². The highest BCUT2D eigenvalue weighted by molar-refractivity contribution is 7.84. The van der Waals surface area contributed by atoms with Crippen molar-refractivity contribution in [2.24, 2.45) is 0 Å². The summed E-state index contributed by atoms with van der Waals surface area (Å²) < 4.78 is 13.3. The van der Waals surface area contributed by atoms with Crippen LogP contribution in [0.4, 0.5) is 5.95 Å². The summed E-state index contributed by atoms with van der Waals surface area (Å²) in [6.45, 7) is 2.44. The number of nitrogen functional groups attached to an aromatic ring is 1. The minimum absolute atomic E-state index is 0.362. The van der Waals surface area contributed by atoms with Crippen molar-refractivity contribution in [2.45, 2.75) is 13.5 Å². The largest absolute Gasteiger partial charge is 0.369 e. The number of aryl methyl sites for hydroxylation is 1. The minimum atomic E-state index is -0.839. The summed E-state index contributed by atoms with van der Waals surface area (Å²) in [5.74, 6) is 1.54. The molecular formula is C12H14N4OS. The number of nitrogens with two attached hydrogens (primary N) is 1. The maximum Gasteiger partial charge on any atom is 0.201 e. The molecule has 2 rings (SSSR count). The van der Waals surface area contributed by atoms with Gasteiger partial charge < -0.3 is 10.3 Å². The number of fused-ring (bicyclic) bond motifs is 1. The van der Waals surface area contributed by atoms with Gasteiger partial charge in [-0.15, -0.1) is 0 Å². The van der Waals surface area contributed by atoms with Crippen LogP contribution in [0.15, 0.2) is 18.2 Å². The van der Waals surface area contributed by atoms with Gasteiger partial charge in [-0.3, -0.25) is 4.21 Å². The van der Waals surface area contributed by atoms with Gasteiger partial charge in [-0.1, -0.05) is 13.0 Å². The Morgan fingerprint density at radius 2 is 2.33 bits per heavy atom. The molecule has 0 amide bonds. The number of aromatic nitrogens is 2. The van der Waals surface area contributed by atoms with Gasteiger partial charge in [-0.25, -0.2) is 4.98 Å². The van der Waals surface area contributed by atoms with E-state index in [0.29, 0.717) is 35.1 Å². The highest BCUT2D eigenvalue weighted by Gasteiger charge is 2.11.